The highest BCUT2D eigenvalue weighted by Crippen LogP contribution is 2.19. The van der Waals surface area contributed by atoms with Gasteiger partial charge in [-0.25, -0.2) is 9.78 Å². The number of hydrogen-bond donors (Lipinski definition) is 2. The number of thiazole rings is 1. The second-order valence-electron chi connectivity index (χ2n) is 8.10. The van der Waals surface area contributed by atoms with Gasteiger partial charge in [0.15, 0.2) is 11.1 Å². The largest absolute Gasteiger partial charge is 0.444 e. The number of piperazine rings is 1. The number of hydrogen-bond acceptors (Lipinski definition) is 6. The van der Waals surface area contributed by atoms with Gasteiger partial charge >= 0.3 is 6.09 Å². The molecule has 0 bridgehead atoms. The summed E-state index contributed by atoms with van der Waals surface area (Å²) in [7, 11) is 0. The zero-order valence-corrected chi connectivity index (χ0v) is 21.4. The Hall–Kier alpha value is -2.08. The Bertz CT molecular complexity index is 844. The lowest BCUT2D eigenvalue weighted by atomic mass is 10.1. The number of amides is 1. The molecule has 0 unspecified atom stereocenters. The number of aliphatic imine (C=N–C) groups is 1. The van der Waals surface area contributed by atoms with Crippen LogP contribution in [0.1, 0.15) is 26.3 Å². The van der Waals surface area contributed by atoms with Crippen molar-refractivity contribution in [2.24, 2.45) is 10.7 Å². The maximum absolute atomic E-state index is 11.8. The maximum atomic E-state index is 11.8. The Balaban J connectivity index is 0.00000341. The minimum atomic E-state index is -0.518. The molecule has 1 aromatic heterocycles. The normalized spacial score (nSPS) is 14.7. The fraction of sp³-hybridized carbons (Fsp3) is 0.476. The lowest BCUT2D eigenvalue weighted by Gasteiger charge is -2.35. The van der Waals surface area contributed by atoms with Crippen LogP contribution in [0.5, 0.6) is 0 Å². The van der Waals surface area contributed by atoms with Crippen LogP contribution in [0.2, 0.25) is 0 Å². The molecular formula is C21H31IN6O2S. The van der Waals surface area contributed by atoms with Crippen LogP contribution in [0.3, 0.4) is 0 Å². The molecule has 0 spiro atoms. The molecule has 0 radical (unpaired) electrons. The third kappa shape index (κ3) is 8.17. The Morgan fingerprint density at radius 3 is 2.48 bits per heavy atom. The fourth-order valence-electron chi connectivity index (χ4n) is 3.07. The average molecular weight is 558 g/mol. The van der Waals surface area contributed by atoms with Crippen LogP contribution in [0.25, 0.3) is 0 Å². The average Bonchev–Trinajstić information content (AvgIpc) is 3.23. The smallest absolute Gasteiger partial charge is 0.412 e. The van der Waals surface area contributed by atoms with Gasteiger partial charge in [-0.3, -0.25) is 10.3 Å². The van der Waals surface area contributed by atoms with Crippen molar-refractivity contribution in [3.63, 3.8) is 0 Å². The molecule has 1 fully saturated rings. The van der Waals surface area contributed by atoms with E-state index >= 15 is 0 Å². The number of carbonyl (C=O) groups excluding carboxylic acids is 1. The van der Waals surface area contributed by atoms with Gasteiger partial charge in [0.1, 0.15) is 5.60 Å². The van der Waals surface area contributed by atoms with Gasteiger partial charge in [-0.15, -0.1) is 35.3 Å². The summed E-state index contributed by atoms with van der Waals surface area (Å²) in [5, 5.41) is 5.80. The molecule has 2 heterocycles. The van der Waals surface area contributed by atoms with Crippen molar-refractivity contribution in [3.05, 3.63) is 41.4 Å². The van der Waals surface area contributed by atoms with Gasteiger partial charge in [0.2, 0.25) is 0 Å². The molecule has 31 heavy (non-hydrogen) atoms. The molecule has 1 saturated heterocycles. The Morgan fingerprint density at radius 1 is 1.23 bits per heavy atom. The fourth-order valence-corrected chi connectivity index (χ4v) is 3.77. The minimum absolute atomic E-state index is 0. The van der Waals surface area contributed by atoms with Crippen LogP contribution in [0.15, 0.2) is 40.8 Å². The van der Waals surface area contributed by atoms with E-state index in [1.165, 1.54) is 0 Å². The predicted octanol–water partition coefficient (Wildman–Crippen LogP) is 3.79. The molecule has 0 saturated carbocycles. The Labute approximate surface area is 204 Å². The molecule has 170 valence electrons. The number of nitrogens with zero attached hydrogens (tertiary/aromatic N) is 4. The number of rotatable bonds is 5. The number of aromatic nitrogens is 1. The summed E-state index contributed by atoms with van der Waals surface area (Å²) in [6, 6.07) is 7.69. The predicted molar refractivity (Wildman–Crippen MR) is 138 cm³/mol. The third-order valence-electron chi connectivity index (χ3n) is 4.57. The van der Waals surface area contributed by atoms with Gasteiger partial charge < -0.3 is 20.3 Å². The molecule has 0 atom stereocenters. The van der Waals surface area contributed by atoms with E-state index in [9.17, 15) is 4.79 Å². The molecule has 3 rings (SSSR count). The molecule has 2 aromatic rings. The summed E-state index contributed by atoms with van der Waals surface area (Å²) in [5.74, 6) is 0.594. The van der Waals surface area contributed by atoms with Crippen molar-refractivity contribution in [2.45, 2.75) is 32.8 Å². The first kappa shape index (κ1) is 25.2. The van der Waals surface area contributed by atoms with Gasteiger partial charge in [0.05, 0.1) is 0 Å². The minimum Gasteiger partial charge on any atom is -0.444 e. The van der Waals surface area contributed by atoms with E-state index in [1.807, 2.05) is 56.6 Å². The molecular weight excluding hydrogens is 527 g/mol. The van der Waals surface area contributed by atoms with Crippen LogP contribution in [0, 0.1) is 0 Å². The number of benzene rings is 1. The number of guanidine groups is 1. The molecule has 0 aliphatic carbocycles. The van der Waals surface area contributed by atoms with Crippen molar-refractivity contribution in [1.82, 2.24) is 9.88 Å². The summed E-state index contributed by atoms with van der Waals surface area (Å²) in [6.45, 7) is 9.62. The number of halogens is 1. The molecule has 3 N–H and O–H groups in total. The van der Waals surface area contributed by atoms with Crippen molar-refractivity contribution in [1.29, 1.82) is 0 Å². The van der Waals surface area contributed by atoms with Crippen LogP contribution in [-0.2, 0) is 11.2 Å². The topological polar surface area (TPSA) is 96.1 Å². The zero-order chi connectivity index (χ0) is 21.6. The van der Waals surface area contributed by atoms with E-state index in [-0.39, 0.29) is 24.0 Å². The van der Waals surface area contributed by atoms with Crippen LogP contribution < -0.4 is 16.0 Å². The van der Waals surface area contributed by atoms with E-state index < -0.39 is 11.7 Å². The standard InChI is InChI=1S/C21H30N6O2S.HI/c1-21(2,3)29-20(28)25-17-6-4-16(5-7-17)8-9-23-18(22)26-11-13-27(14-12-26)19-24-10-15-30-19;/h4-7,10,15H,8-9,11-14H2,1-3H3,(H2,22,23)(H,25,28);1H. The highest BCUT2D eigenvalue weighted by molar-refractivity contribution is 14.0. The highest BCUT2D eigenvalue weighted by atomic mass is 127. The van der Waals surface area contributed by atoms with E-state index in [4.69, 9.17) is 10.5 Å². The van der Waals surface area contributed by atoms with Crippen molar-refractivity contribution in [3.8, 4) is 0 Å². The highest BCUT2D eigenvalue weighted by Gasteiger charge is 2.19. The van der Waals surface area contributed by atoms with Gasteiger partial charge in [0.25, 0.3) is 0 Å². The number of nitrogens with two attached hydrogens (primary N) is 1. The van der Waals surface area contributed by atoms with E-state index in [2.05, 4.69) is 25.1 Å². The molecule has 1 amide bonds. The quantitative estimate of drug-likeness (QED) is 0.330. The summed E-state index contributed by atoms with van der Waals surface area (Å²) >= 11 is 1.66. The van der Waals surface area contributed by atoms with E-state index in [0.717, 1.165) is 43.3 Å². The number of nitrogens with one attached hydrogen (secondary N) is 1. The van der Waals surface area contributed by atoms with Crippen molar-refractivity contribution in [2.75, 3.05) is 42.9 Å². The zero-order valence-electron chi connectivity index (χ0n) is 18.2. The van der Waals surface area contributed by atoms with Gasteiger partial charge in [-0.1, -0.05) is 12.1 Å². The maximum Gasteiger partial charge on any atom is 0.412 e. The summed E-state index contributed by atoms with van der Waals surface area (Å²) in [4.78, 5) is 25.1. The van der Waals surface area contributed by atoms with Gasteiger partial charge in [-0.05, 0) is 44.9 Å². The van der Waals surface area contributed by atoms with Gasteiger partial charge in [-0.2, -0.15) is 0 Å². The number of ether oxygens (including phenoxy) is 1. The van der Waals surface area contributed by atoms with Crippen LogP contribution in [0.4, 0.5) is 15.6 Å². The van der Waals surface area contributed by atoms with Crippen molar-refractivity contribution < 1.29 is 9.53 Å². The first-order valence-corrected chi connectivity index (χ1v) is 11.0. The van der Waals surface area contributed by atoms with E-state index in [0.29, 0.717) is 18.2 Å². The van der Waals surface area contributed by atoms with Crippen molar-refractivity contribution >= 4 is 58.2 Å². The van der Waals surface area contributed by atoms with Crippen LogP contribution >= 0.6 is 35.3 Å². The SMILES string of the molecule is CC(C)(C)OC(=O)Nc1ccc(CCN=C(N)N2CCN(c3nccs3)CC2)cc1.I. The summed E-state index contributed by atoms with van der Waals surface area (Å²) < 4.78 is 5.26. The lowest BCUT2D eigenvalue weighted by Crippen LogP contribution is -2.51. The van der Waals surface area contributed by atoms with E-state index in [1.54, 1.807) is 11.3 Å². The monoisotopic (exact) mass is 558 g/mol. The molecule has 1 aliphatic rings. The Kier molecular flexibility index (Phi) is 9.35. The molecule has 8 nitrogen and oxygen atoms in total. The summed E-state index contributed by atoms with van der Waals surface area (Å²) in [5.41, 5.74) is 7.51. The third-order valence-corrected chi connectivity index (χ3v) is 5.40. The molecule has 1 aromatic carbocycles. The number of carbonyl (C=O) groups is 1. The first-order chi connectivity index (χ1) is 14.3. The number of anilines is 2. The van der Waals surface area contributed by atoms with Crippen LogP contribution in [-0.4, -0.2) is 60.3 Å². The second kappa shape index (κ2) is 11.5. The molecule has 1 aliphatic heterocycles. The Morgan fingerprint density at radius 2 is 1.90 bits per heavy atom. The first-order valence-electron chi connectivity index (χ1n) is 10.1. The van der Waals surface area contributed by atoms with Gasteiger partial charge in [0, 0.05) is 50.0 Å². The lowest BCUT2D eigenvalue weighted by molar-refractivity contribution is 0.0636. The second-order valence-corrected chi connectivity index (χ2v) is 8.98. The molecule has 10 heteroatoms. The summed E-state index contributed by atoms with van der Waals surface area (Å²) in [6.07, 6.45) is 2.16.